The van der Waals surface area contributed by atoms with Gasteiger partial charge in [0.25, 0.3) is 0 Å². The molecule has 0 nitrogen and oxygen atoms in total. The third kappa shape index (κ3) is 11.0. The summed E-state index contributed by atoms with van der Waals surface area (Å²) in [7, 11) is 0. The van der Waals surface area contributed by atoms with Crippen LogP contribution in [0.3, 0.4) is 0 Å². The van der Waals surface area contributed by atoms with Crippen LogP contribution in [0.4, 0.5) is 0 Å². The summed E-state index contributed by atoms with van der Waals surface area (Å²) < 4.78 is 0. The minimum absolute atomic E-state index is 1.20. The molecule has 0 bridgehead atoms. The fourth-order valence-corrected chi connectivity index (χ4v) is 1.02. The molecule has 0 amide bonds. The standard InChI is InChI=1S/C14H21/c1-3-5-7-9-11-13-14-12-10-8-6-4-2/h3,5,7,9,11-14H,1,4,6,8,10H2,2H3. The van der Waals surface area contributed by atoms with Gasteiger partial charge in [0, 0.05) is 0 Å². The van der Waals surface area contributed by atoms with Crippen molar-refractivity contribution in [3.63, 3.8) is 0 Å². The Morgan fingerprint density at radius 1 is 0.857 bits per heavy atom. The van der Waals surface area contributed by atoms with E-state index in [0.29, 0.717) is 0 Å². The zero-order chi connectivity index (χ0) is 10.5. The molecule has 77 valence electrons. The van der Waals surface area contributed by atoms with Crippen LogP contribution in [0.5, 0.6) is 0 Å². The molecule has 0 aromatic carbocycles. The Kier molecular flexibility index (Phi) is 11.1. The van der Waals surface area contributed by atoms with Crippen molar-refractivity contribution in [3.05, 3.63) is 55.5 Å². The van der Waals surface area contributed by atoms with Crippen molar-refractivity contribution in [3.8, 4) is 0 Å². The summed E-state index contributed by atoms with van der Waals surface area (Å²) in [5, 5.41) is 0. The Balaban J connectivity index is 3.41. The summed E-state index contributed by atoms with van der Waals surface area (Å²) in [6.45, 7) is 5.82. The highest BCUT2D eigenvalue weighted by atomic mass is 13.9. The van der Waals surface area contributed by atoms with Gasteiger partial charge >= 0.3 is 0 Å². The maximum absolute atomic E-state index is 3.59. The van der Waals surface area contributed by atoms with Gasteiger partial charge in [-0.3, -0.25) is 0 Å². The highest BCUT2D eigenvalue weighted by Crippen LogP contribution is 1.99. The average molecular weight is 189 g/mol. The van der Waals surface area contributed by atoms with Gasteiger partial charge in [0.05, 0.1) is 0 Å². The first-order valence-corrected chi connectivity index (χ1v) is 5.36. The molecule has 0 heteroatoms. The van der Waals surface area contributed by atoms with Gasteiger partial charge in [-0.15, -0.1) is 0 Å². The van der Waals surface area contributed by atoms with E-state index in [-0.39, 0.29) is 0 Å². The lowest BCUT2D eigenvalue weighted by atomic mass is 10.2. The Hall–Kier alpha value is -1.04. The van der Waals surface area contributed by atoms with Crippen molar-refractivity contribution in [2.24, 2.45) is 0 Å². The lowest BCUT2D eigenvalue weighted by molar-refractivity contribution is 0.729. The molecule has 0 aliphatic carbocycles. The van der Waals surface area contributed by atoms with E-state index in [0.717, 1.165) is 0 Å². The van der Waals surface area contributed by atoms with Crippen LogP contribution < -0.4 is 0 Å². The van der Waals surface area contributed by atoms with Crippen LogP contribution in [-0.2, 0) is 0 Å². The normalized spacial score (nSPS) is 13.0. The summed E-state index contributed by atoms with van der Waals surface area (Å²) in [6, 6.07) is 0. The van der Waals surface area contributed by atoms with E-state index in [4.69, 9.17) is 0 Å². The summed E-state index contributed by atoms with van der Waals surface area (Å²) in [5.41, 5.74) is 0. The molecular weight excluding hydrogens is 168 g/mol. The minimum Gasteiger partial charge on any atom is -0.0845 e. The summed E-state index contributed by atoms with van der Waals surface area (Å²) in [5.74, 6) is 0. The van der Waals surface area contributed by atoms with E-state index in [1.54, 1.807) is 6.08 Å². The van der Waals surface area contributed by atoms with Crippen molar-refractivity contribution in [2.45, 2.75) is 32.6 Å². The van der Waals surface area contributed by atoms with E-state index < -0.39 is 0 Å². The summed E-state index contributed by atoms with van der Waals surface area (Å²) in [4.78, 5) is 0. The van der Waals surface area contributed by atoms with Crippen LogP contribution in [0.25, 0.3) is 0 Å². The Morgan fingerprint density at radius 2 is 1.50 bits per heavy atom. The average Bonchev–Trinajstić information content (AvgIpc) is 2.21. The second-order valence-corrected chi connectivity index (χ2v) is 3.12. The van der Waals surface area contributed by atoms with Gasteiger partial charge in [-0.1, -0.05) is 68.4 Å². The van der Waals surface area contributed by atoms with E-state index in [1.165, 1.54) is 25.7 Å². The number of hydrogen-bond donors (Lipinski definition) is 0. The zero-order valence-electron chi connectivity index (χ0n) is 9.15. The van der Waals surface area contributed by atoms with E-state index in [1.807, 2.05) is 24.3 Å². The molecule has 0 heterocycles. The van der Waals surface area contributed by atoms with E-state index >= 15 is 0 Å². The third-order valence-electron chi connectivity index (χ3n) is 1.80. The van der Waals surface area contributed by atoms with Gasteiger partial charge in [0.15, 0.2) is 0 Å². The first-order valence-electron chi connectivity index (χ1n) is 5.36. The summed E-state index contributed by atoms with van der Waals surface area (Å²) in [6.07, 6.45) is 21.2. The monoisotopic (exact) mass is 189 g/mol. The molecule has 0 atom stereocenters. The van der Waals surface area contributed by atoms with Gasteiger partial charge in [-0.2, -0.15) is 0 Å². The van der Waals surface area contributed by atoms with Crippen molar-refractivity contribution in [1.29, 1.82) is 0 Å². The van der Waals surface area contributed by atoms with E-state index in [9.17, 15) is 0 Å². The quantitative estimate of drug-likeness (QED) is 0.405. The Labute approximate surface area is 88.7 Å². The molecule has 0 saturated carbocycles. The maximum atomic E-state index is 3.59. The molecule has 0 rings (SSSR count). The molecular formula is C14H21. The van der Waals surface area contributed by atoms with Gasteiger partial charge in [0.1, 0.15) is 0 Å². The second kappa shape index (κ2) is 12.0. The van der Waals surface area contributed by atoms with Gasteiger partial charge in [0.2, 0.25) is 0 Å². The first kappa shape index (κ1) is 13.0. The topological polar surface area (TPSA) is 0 Å². The Morgan fingerprint density at radius 3 is 2.14 bits per heavy atom. The highest BCUT2D eigenvalue weighted by molar-refractivity contribution is 5.15. The number of hydrogen-bond acceptors (Lipinski definition) is 0. The van der Waals surface area contributed by atoms with Crippen LogP contribution in [0, 0.1) is 6.92 Å². The molecule has 1 radical (unpaired) electrons. The largest absolute Gasteiger partial charge is 0.0845 e. The molecule has 0 N–H and O–H groups in total. The number of rotatable bonds is 7. The van der Waals surface area contributed by atoms with E-state index in [2.05, 4.69) is 32.1 Å². The molecule has 14 heavy (non-hydrogen) atoms. The zero-order valence-corrected chi connectivity index (χ0v) is 9.15. The van der Waals surface area contributed by atoms with Crippen molar-refractivity contribution < 1.29 is 0 Å². The molecule has 0 aliphatic rings. The van der Waals surface area contributed by atoms with Gasteiger partial charge in [-0.25, -0.2) is 0 Å². The SMILES string of the molecule is [CH2]C=CC=CC=CC=CCCCCC. The minimum atomic E-state index is 1.20. The fourth-order valence-electron chi connectivity index (χ4n) is 1.02. The van der Waals surface area contributed by atoms with Crippen LogP contribution in [0.1, 0.15) is 32.6 Å². The molecule has 0 saturated heterocycles. The molecule has 0 aromatic rings. The van der Waals surface area contributed by atoms with Gasteiger partial charge < -0.3 is 0 Å². The van der Waals surface area contributed by atoms with Crippen LogP contribution in [0.15, 0.2) is 48.6 Å². The van der Waals surface area contributed by atoms with Crippen molar-refractivity contribution in [2.75, 3.05) is 0 Å². The predicted octanol–water partition coefficient (Wildman–Crippen LogP) is 4.63. The lowest BCUT2D eigenvalue weighted by Crippen LogP contribution is -1.69. The van der Waals surface area contributed by atoms with Crippen molar-refractivity contribution in [1.82, 2.24) is 0 Å². The van der Waals surface area contributed by atoms with Gasteiger partial charge in [-0.05, 0) is 19.8 Å². The van der Waals surface area contributed by atoms with Crippen molar-refractivity contribution >= 4 is 0 Å². The Bertz CT molecular complexity index is 204. The van der Waals surface area contributed by atoms with Crippen LogP contribution in [0.2, 0.25) is 0 Å². The molecule has 0 unspecified atom stereocenters. The lowest BCUT2D eigenvalue weighted by Gasteiger charge is -1.89. The van der Waals surface area contributed by atoms with Crippen LogP contribution in [-0.4, -0.2) is 0 Å². The third-order valence-corrected chi connectivity index (χ3v) is 1.80. The fraction of sp³-hybridized carbons (Fsp3) is 0.357. The maximum Gasteiger partial charge on any atom is -0.0313 e. The molecule has 0 aromatic heterocycles. The summed E-state index contributed by atoms with van der Waals surface area (Å²) >= 11 is 0. The second-order valence-electron chi connectivity index (χ2n) is 3.12. The molecule has 0 fully saturated rings. The number of allylic oxidation sites excluding steroid dienone is 8. The molecule has 0 spiro atoms. The van der Waals surface area contributed by atoms with Crippen LogP contribution >= 0.6 is 0 Å². The smallest absolute Gasteiger partial charge is 0.0313 e. The first-order chi connectivity index (χ1) is 6.91. The number of unbranched alkanes of at least 4 members (excludes halogenated alkanes) is 3. The predicted molar refractivity (Wildman–Crippen MR) is 66.1 cm³/mol. The highest BCUT2D eigenvalue weighted by Gasteiger charge is 1.79. The molecule has 0 aliphatic heterocycles.